The molecule has 0 aliphatic carbocycles. The zero-order chi connectivity index (χ0) is 16.9. The third kappa shape index (κ3) is 2.98. The Bertz CT molecular complexity index is 883. The molecule has 0 spiro atoms. The van der Waals surface area contributed by atoms with Crippen molar-refractivity contribution < 1.29 is 0 Å². The number of aryl methyl sites for hydroxylation is 1. The zero-order valence-electron chi connectivity index (χ0n) is 13.3. The van der Waals surface area contributed by atoms with Crippen LogP contribution in [-0.4, -0.2) is 30.4 Å². The Kier molecular flexibility index (Phi) is 4.82. The van der Waals surface area contributed by atoms with Crippen LogP contribution in [0, 0.1) is 11.3 Å². The van der Waals surface area contributed by atoms with Crippen LogP contribution in [-0.2, 0) is 12.8 Å². The number of aromatic nitrogens is 6. The topological polar surface area (TPSA) is 93.2 Å². The Morgan fingerprint density at radius 2 is 1.88 bits per heavy atom. The van der Waals surface area contributed by atoms with Crippen molar-refractivity contribution in [3.63, 3.8) is 0 Å². The van der Waals surface area contributed by atoms with E-state index in [1.54, 1.807) is 4.68 Å². The van der Waals surface area contributed by atoms with Crippen molar-refractivity contribution in [2.45, 2.75) is 36.9 Å². The molecule has 0 aliphatic heterocycles. The van der Waals surface area contributed by atoms with Gasteiger partial charge in [0, 0.05) is 0 Å². The quantitative estimate of drug-likeness (QED) is 0.706. The number of tetrazole rings is 1. The average Bonchev–Trinajstić information content (AvgIpc) is 3.10. The molecular weight excluding hydrogens is 322 g/mol. The van der Waals surface area contributed by atoms with E-state index in [1.165, 1.54) is 11.8 Å². The van der Waals surface area contributed by atoms with Crippen molar-refractivity contribution >= 4 is 11.8 Å². The number of rotatable bonds is 5. The Balaban J connectivity index is 2.02. The first-order valence-corrected chi connectivity index (χ1v) is 8.40. The Morgan fingerprint density at radius 1 is 1.08 bits per heavy atom. The number of hydrogen-bond acceptors (Lipinski definition) is 7. The molecule has 0 bridgehead atoms. The van der Waals surface area contributed by atoms with E-state index < -0.39 is 0 Å². The molecule has 24 heavy (non-hydrogen) atoms. The highest BCUT2D eigenvalue weighted by molar-refractivity contribution is 7.99. The summed E-state index contributed by atoms with van der Waals surface area (Å²) in [6, 6.07) is 11.8. The minimum absolute atomic E-state index is 0.526. The maximum Gasteiger partial charge on any atom is 0.220 e. The first kappa shape index (κ1) is 16.1. The fraction of sp³-hybridized carbons (Fsp3) is 0.250. The first-order chi connectivity index (χ1) is 11.8. The molecule has 0 amide bonds. The molecule has 0 saturated carbocycles. The number of nitrogens with zero attached hydrogens (tertiary/aromatic N) is 7. The second-order valence-electron chi connectivity index (χ2n) is 4.94. The number of hydrogen-bond donors (Lipinski definition) is 0. The lowest BCUT2D eigenvalue weighted by Gasteiger charge is -2.09. The van der Waals surface area contributed by atoms with Crippen molar-refractivity contribution in [1.29, 1.82) is 5.26 Å². The van der Waals surface area contributed by atoms with Gasteiger partial charge in [-0.3, -0.25) is 0 Å². The summed E-state index contributed by atoms with van der Waals surface area (Å²) in [5, 5.41) is 30.9. The number of nitriles is 1. The smallest absolute Gasteiger partial charge is 0.192 e. The van der Waals surface area contributed by atoms with Gasteiger partial charge in [0.1, 0.15) is 11.1 Å². The third-order valence-electron chi connectivity index (χ3n) is 3.56. The summed E-state index contributed by atoms with van der Waals surface area (Å²) in [5.41, 5.74) is 3.20. The Morgan fingerprint density at radius 3 is 2.54 bits per heavy atom. The van der Waals surface area contributed by atoms with Gasteiger partial charge in [-0.05, 0) is 52.7 Å². The van der Waals surface area contributed by atoms with E-state index in [0.29, 0.717) is 15.7 Å². The summed E-state index contributed by atoms with van der Waals surface area (Å²) in [7, 11) is 0. The van der Waals surface area contributed by atoms with Gasteiger partial charge in [0.15, 0.2) is 0 Å². The molecule has 7 nitrogen and oxygen atoms in total. The SMILES string of the molecule is CCc1nnc(Sc2nnnn2-c2ccccc2)c(C#N)c1CC. The molecule has 0 saturated heterocycles. The summed E-state index contributed by atoms with van der Waals surface area (Å²) < 4.78 is 1.62. The molecule has 0 unspecified atom stereocenters. The van der Waals surface area contributed by atoms with Gasteiger partial charge in [-0.2, -0.15) is 15.0 Å². The fourth-order valence-electron chi connectivity index (χ4n) is 2.40. The molecule has 0 atom stereocenters. The van der Waals surface area contributed by atoms with Crippen molar-refractivity contribution in [1.82, 2.24) is 30.4 Å². The van der Waals surface area contributed by atoms with E-state index in [0.717, 1.165) is 29.8 Å². The molecule has 0 fully saturated rings. The predicted molar refractivity (Wildman–Crippen MR) is 88.8 cm³/mol. The second-order valence-corrected chi connectivity index (χ2v) is 5.89. The van der Waals surface area contributed by atoms with E-state index in [4.69, 9.17) is 0 Å². The van der Waals surface area contributed by atoms with Crippen LogP contribution in [0.15, 0.2) is 40.5 Å². The molecular formula is C16H15N7S. The molecule has 0 radical (unpaired) electrons. The van der Waals surface area contributed by atoms with Crippen LogP contribution >= 0.6 is 11.8 Å². The van der Waals surface area contributed by atoms with Crippen LogP contribution in [0.1, 0.15) is 30.7 Å². The molecule has 120 valence electrons. The van der Waals surface area contributed by atoms with Crippen molar-refractivity contribution in [2.24, 2.45) is 0 Å². The van der Waals surface area contributed by atoms with Gasteiger partial charge >= 0.3 is 0 Å². The Hall–Kier alpha value is -2.79. The van der Waals surface area contributed by atoms with Gasteiger partial charge in [-0.25, -0.2) is 0 Å². The third-order valence-corrected chi connectivity index (χ3v) is 4.47. The molecule has 0 N–H and O–H groups in total. The van der Waals surface area contributed by atoms with Gasteiger partial charge in [0.2, 0.25) is 5.16 Å². The summed E-state index contributed by atoms with van der Waals surface area (Å²) in [6.45, 7) is 4.02. The van der Waals surface area contributed by atoms with Crippen LogP contribution in [0.25, 0.3) is 5.69 Å². The predicted octanol–water partition coefficient (Wildman–Crippen LogP) is 2.60. The van der Waals surface area contributed by atoms with E-state index >= 15 is 0 Å². The van der Waals surface area contributed by atoms with Gasteiger partial charge in [-0.1, -0.05) is 32.0 Å². The zero-order valence-corrected chi connectivity index (χ0v) is 14.2. The van der Waals surface area contributed by atoms with Gasteiger partial charge in [-0.15, -0.1) is 10.2 Å². The maximum atomic E-state index is 9.58. The monoisotopic (exact) mass is 337 g/mol. The highest BCUT2D eigenvalue weighted by Gasteiger charge is 2.18. The molecule has 3 aromatic rings. The lowest BCUT2D eigenvalue weighted by atomic mass is 10.1. The summed E-state index contributed by atoms with van der Waals surface area (Å²) in [4.78, 5) is 0. The van der Waals surface area contributed by atoms with Crippen LogP contribution < -0.4 is 0 Å². The highest BCUT2D eigenvalue weighted by Crippen LogP contribution is 2.30. The first-order valence-electron chi connectivity index (χ1n) is 7.58. The minimum atomic E-state index is 0.526. The molecule has 3 rings (SSSR count). The minimum Gasteiger partial charge on any atom is -0.192 e. The number of para-hydroxylation sites is 1. The maximum absolute atomic E-state index is 9.58. The molecule has 2 heterocycles. The van der Waals surface area contributed by atoms with E-state index in [-0.39, 0.29) is 0 Å². The molecule has 1 aromatic carbocycles. The van der Waals surface area contributed by atoms with Crippen molar-refractivity contribution in [2.75, 3.05) is 0 Å². The van der Waals surface area contributed by atoms with Gasteiger partial charge < -0.3 is 0 Å². The summed E-state index contributed by atoms with van der Waals surface area (Å²) in [6.07, 6.45) is 1.48. The lowest BCUT2D eigenvalue weighted by Crippen LogP contribution is -2.05. The van der Waals surface area contributed by atoms with Crippen molar-refractivity contribution in [3.8, 4) is 11.8 Å². The molecule has 2 aromatic heterocycles. The van der Waals surface area contributed by atoms with Crippen molar-refractivity contribution in [3.05, 3.63) is 47.2 Å². The largest absolute Gasteiger partial charge is 0.220 e. The van der Waals surface area contributed by atoms with Crippen LogP contribution in [0.3, 0.4) is 0 Å². The van der Waals surface area contributed by atoms with Crippen LogP contribution in [0.2, 0.25) is 0 Å². The summed E-state index contributed by atoms with van der Waals surface area (Å²) >= 11 is 1.25. The normalized spacial score (nSPS) is 10.5. The van der Waals surface area contributed by atoms with E-state index in [2.05, 4.69) is 31.8 Å². The second kappa shape index (κ2) is 7.19. The summed E-state index contributed by atoms with van der Waals surface area (Å²) in [5.74, 6) is 0. The number of benzene rings is 1. The van der Waals surface area contributed by atoms with Crippen LogP contribution in [0.4, 0.5) is 0 Å². The van der Waals surface area contributed by atoms with E-state index in [1.807, 2.05) is 44.2 Å². The Labute approximate surface area is 143 Å². The van der Waals surface area contributed by atoms with Gasteiger partial charge in [0.25, 0.3) is 0 Å². The molecule has 8 heteroatoms. The average molecular weight is 337 g/mol. The molecule has 0 aliphatic rings. The lowest BCUT2D eigenvalue weighted by molar-refractivity contribution is 0.753. The van der Waals surface area contributed by atoms with Crippen LogP contribution in [0.5, 0.6) is 0 Å². The van der Waals surface area contributed by atoms with E-state index in [9.17, 15) is 5.26 Å². The van der Waals surface area contributed by atoms with Gasteiger partial charge in [0.05, 0.1) is 16.9 Å². The standard InChI is InChI=1S/C16H15N7S/c1-3-12-13(10-17)15(19-18-14(12)4-2)24-16-20-21-22-23(16)11-8-6-5-7-9-11/h5-9H,3-4H2,1-2H3. The highest BCUT2D eigenvalue weighted by atomic mass is 32.2. The fourth-order valence-corrected chi connectivity index (χ4v) is 3.23.